The molecule has 1 rings (SSSR count). The number of aryl methyl sites for hydroxylation is 2. The van der Waals surface area contributed by atoms with Crippen LogP contribution in [-0.2, 0) is 7.05 Å². The van der Waals surface area contributed by atoms with Crippen LogP contribution in [0.15, 0.2) is 6.07 Å². The number of amides is 1. The third-order valence-corrected chi connectivity index (χ3v) is 2.11. The molecule has 0 spiro atoms. The Morgan fingerprint density at radius 2 is 2.33 bits per heavy atom. The number of thiocarbonyl (C=S) groups is 1. The maximum Gasteiger partial charge on any atom is 0.288 e. The molecule has 0 aliphatic rings. The minimum atomic E-state index is -0.298. The zero-order valence-corrected chi connectivity index (χ0v) is 9.63. The van der Waals surface area contributed by atoms with E-state index in [0.717, 1.165) is 5.69 Å². The van der Waals surface area contributed by atoms with Gasteiger partial charge in [0.1, 0.15) is 5.69 Å². The second-order valence-electron chi connectivity index (χ2n) is 3.13. The van der Waals surface area contributed by atoms with Crippen molar-refractivity contribution in [2.24, 2.45) is 12.8 Å². The third kappa shape index (κ3) is 2.66. The van der Waals surface area contributed by atoms with Crippen molar-refractivity contribution in [1.82, 2.24) is 20.2 Å². The predicted molar refractivity (Wildman–Crippen MR) is 60.0 cm³/mol. The number of carbonyl (C=O) groups is 1. The molecule has 0 aromatic carbocycles. The highest BCUT2D eigenvalue weighted by Gasteiger charge is 2.13. The summed E-state index contributed by atoms with van der Waals surface area (Å²) in [4.78, 5) is 11.7. The summed E-state index contributed by atoms with van der Waals surface area (Å²) in [5, 5.41) is 5.43. The van der Waals surface area contributed by atoms with Crippen LogP contribution in [0.1, 0.15) is 16.2 Å². The maximum atomic E-state index is 11.7. The number of nitrogens with zero attached hydrogens (tertiary/aromatic N) is 3. The van der Waals surface area contributed by atoms with Crippen molar-refractivity contribution in [3.8, 4) is 0 Å². The molecule has 0 saturated heterocycles. The molecule has 3 N–H and O–H groups in total. The molecule has 0 atom stereocenters. The fourth-order valence-corrected chi connectivity index (χ4v) is 1.13. The standard InChI is InChI=1S/C8H13N5OS/c1-5-4-6(12(2)10-5)7(14)11-13(3)8(9)15/h4H,1-3H3,(H2,9,15)(H,11,14). The average Bonchev–Trinajstić information content (AvgIpc) is 2.44. The topological polar surface area (TPSA) is 76.2 Å². The quantitative estimate of drug-likeness (QED) is 0.502. The Labute approximate surface area is 93.0 Å². The van der Waals surface area contributed by atoms with Crippen molar-refractivity contribution >= 4 is 23.2 Å². The van der Waals surface area contributed by atoms with Gasteiger partial charge in [0.15, 0.2) is 5.11 Å². The Hall–Kier alpha value is -1.63. The second kappa shape index (κ2) is 4.26. The van der Waals surface area contributed by atoms with Gasteiger partial charge < -0.3 is 5.73 Å². The molecular formula is C8H13N5OS. The number of hydrazine groups is 1. The lowest BCUT2D eigenvalue weighted by atomic mass is 10.3. The average molecular weight is 227 g/mol. The van der Waals surface area contributed by atoms with Gasteiger partial charge in [0.2, 0.25) is 0 Å². The zero-order chi connectivity index (χ0) is 11.6. The van der Waals surface area contributed by atoms with Crippen molar-refractivity contribution in [1.29, 1.82) is 0 Å². The Kier molecular flexibility index (Phi) is 3.25. The molecule has 0 aliphatic heterocycles. The van der Waals surface area contributed by atoms with E-state index in [2.05, 4.69) is 10.5 Å². The van der Waals surface area contributed by atoms with E-state index in [-0.39, 0.29) is 11.0 Å². The molecule has 6 nitrogen and oxygen atoms in total. The van der Waals surface area contributed by atoms with Gasteiger partial charge in [0.25, 0.3) is 5.91 Å². The van der Waals surface area contributed by atoms with E-state index in [0.29, 0.717) is 5.69 Å². The number of nitrogens with two attached hydrogens (primary N) is 1. The number of hydrogen-bond donors (Lipinski definition) is 2. The van der Waals surface area contributed by atoms with Crippen LogP contribution in [0.2, 0.25) is 0 Å². The van der Waals surface area contributed by atoms with E-state index >= 15 is 0 Å². The lowest BCUT2D eigenvalue weighted by molar-refractivity contribution is 0.0878. The number of rotatable bonds is 1. The zero-order valence-electron chi connectivity index (χ0n) is 8.81. The summed E-state index contributed by atoms with van der Waals surface area (Å²) < 4.78 is 1.50. The molecule has 82 valence electrons. The van der Waals surface area contributed by atoms with Crippen LogP contribution in [0.3, 0.4) is 0 Å². The summed E-state index contributed by atoms with van der Waals surface area (Å²) in [7, 11) is 3.27. The van der Waals surface area contributed by atoms with Gasteiger partial charge in [-0.2, -0.15) is 5.10 Å². The molecular weight excluding hydrogens is 214 g/mol. The maximum absolute atomic E-state index is 11.7. The van der Waals surface area contributed by atoms with Crippen LogP contribution in [0.5, 0.6) is 0 Å². The second-order valence-corrected chi connectivity index (χ2v) is 3.55. The highest BCUT2D eigenvalue weighted by molar-refractivity contribution is 7.80. The van der Waals surface area contributed by atoms with Crippen LogP contribution < -0.4 is 11.2 Å². The summed E-state index contributed by atoms with van der Waals surface area (Å²) in [6, 6.07) is 1.68. The minimum Gasteiger partial charge on any atom is -0.375 e. The van der Waals surface area contributed by atoms with Crippen LogP contribution in [0.4, 0.5) is 0 Å². The van der Waals surface area contributed by atoms with Crippen molar-refractivity contribution in [2.75, 3.05) is 7.05 Å². The fourth-order valence-electron chi connectivity index (χ4n) is 1.09. The van der Waals surface area contributed by atoms with E-state index in [1.807, 2.05) is 6.92 Å². The summed E-state index contributed by atoms with van der Waals surface area (Å²) >= 11 is 4.69. The Morgan fingerprint density at radius 3 is 2.73 bits per heavy atom. The van der Waals surface area contributed by atoms with Gasteiger partial charge in [0.05, 0.1) is 5.69 Å². The molecule has 0 fully saturated rings. The van der Waals surface area contributed by atoms with Gasteiger partial charge in [-0.05, 0) is 25.2 Å². The van der Waals surface area contributed by atoms with Crippen molar-refractivity contribution in [3.05, 3.63) is 17.5 Å². The lowest BCUT2D eigenvalue weighted by Crippen LogP contribution is -2.46. The van der Waals surface area contributed by atoms with E-state index in [4.69, 9.17) is 18.0 Å². The van der Waals surface area contributed by atoms with E-state index in [9.17, 15) is 4.79 Å². The molecule has 15 heavy (non-hydrogen) atoms. The first-order chi connectivity index (χ1) is 6.91. The van der Waals surface area contributed by atoms with Crippen molar-refractivity contribution in [2.45, 2.75) is 6.92 Å². The van der Waals surface area contributed by atoms with Crippen LogP contribution >= 0.6 is 12.2 Å². The molecule has 0 aliphatic carbocycles. The normalized spacial score (nSPS) is 9.80. The molecule has 0 saturated carbocycles. The van der Waals surface area contributed by atoms with Gasteiger partial charge in [-0.3, -0.25) is 19.9 Å². The first-order valence-electron chi connectivity index (χ1n) is 4.26. The van der Waals surface area contributed by atoms with Crippen LogP contribution in [-0.4, -0.2) is 32.9 Å². The van der Waals surface area contributed by atoms with E-state index in [1.165, 1.54) is 9.69 Å². The van der Waals surface area contributed by atoms with Gasteiger partial charge in [-0.15, -0.1) is 0 Å². The Morgan fingerprint density at radius 1 is 1.73 bits per heavy atom. The summed E-state index contributed by atoms with van der Waals surface area (Å²) in [5.41, 5.74) is 9.08. The van der Waals surface area contributed by atoms with Crippen molar-refractivity contribution < 1.29 is 4.79 Å². The lowest BCUT2D eigenvalue weighted by Gasteiger charge is -2.17. The molecule has 0 unspecified atom stereocenters. The smallest absolute Gasteiger partial charge is 0.288 e. The molecule has 1 amide bonds. The highest BCUT2D eigenvalue weighted by atomic mass is 32.1. The Balaban J connectivity index is 2.77. The van der Waals surface area contributed by atoms with Crippen LogP contribution in [0, 0.1) is 6.92 Å². The molecule has 0 radical (unpaired) electrons. The van der Waals surface area contributed by atoms with Gasteiger partial charge in [-0.1, -0.05) is 0 Å². The predicted octanol–water partition coefficient (Wildman–Crippen LogP) is -0.451. The van der Waals surface area contributed by atoms with E-state index in [1.54, 1.807) is 20.2 Å². The largest absolute Gasteiger partial charge is 0.375 e. The number of carbonyl (C=O) groups excluding carboxylic acids is 1. The van der Waals surface area contributed by atoms with E-state index < -0.39 is 0 Å². The first kappa shape index (κ1) is 11.4. The molecule has 1 heterocycles. The SMILES string of the molecule is Cc1cc(C(=O)NN(C)C(N)=S)n(C)n1. The summed E-state index contributed by atoms with van der Waals surface area (Å²) in [6.07, 6.45) is 0. The van der Waals surface area contributed by atoms with Gasteiger partial charge in [0, 0.05) is 14.1 Å². The molecule has 1 aromatic heterocycles. The molecule has 1 aromatic rings. The number of aromatic nitrogens is 2. The van der Waals surface area contributed by atoms with Gasteiger partial charge in [-0.25, -0.2) is 0 Å². The number of nitrogens with one attached hydrogen (secondary N) is 1. The van der Waals surface area contributed by atoms with Gasteiger partial charge >= 0.3 is 0 Å². The Bertz CT molecular complexity index is 400. The fraction of sp³-hybridized carbons (Fsp3) is 0.375. The highest BCUT2D eigenvalue weighted by Crippen LogP contribution is 2.01. The summed E-state index contributed by atoms with van der Waals surface area (Å²) in [6.45, 7) is 1.81. The third-order valence-electron chi connectivity index (χ3n) is 1.83. The monoisotopic (exact) mass is 227 g/mol. The summed E-state index contributed by atoms with van der Waals surface area (Å²) in [5.74, 6) is -0.298. The van der Waals surface area contributed by atoms with Crippen LogP contribution in [0.25, 0.3) is 0 Å². The molecule has 0 bridgehead atoms. The number of hydrogen-bond acceptors (Lipinski definition) is 3. The first-order valence-corrected chi connectivity index (χ1v) is 4.67. The minimum absolute atomic E-state index is 0.0993. The molecule has 7 heteroatoms. The van der Waals surface area contributed by atoms with Crippen molar-refractivity contribution in [3.63, 3.8) is 0 Å².